The molecule has 102 valence electrons. The fraction of sp³-hybridized carbons (Fsp3) is 0.400. The highest BCUT2D eigenvalue weighted by molar-refractivity contribution is 7.98. The van der Waals surface area contributed by atoms with Crippen molar-refractivity contribution in [2.75, 3.05) is 0 Å². The number of benzene rings is 1. The van der Waals surface area contributed by atoms with Crippen LogP contribution in [0.4, 0.5) is 0 Å². The molecule has 0 radical (unpaired) electrons. The monoisotopic (exact) mass is 309 g/mol. The molecule has 2 rings (SSSR count). The lowest BCUT2D eigenvalue weighted by Crippen LogP contribution is -2.13. The van der Waals surface area contributed by atoms with Gasteiger partial charge >= 0.3 is 0 Å². The highest BCUT2D eigenvalue weighted by Gasteiger charge is 2.22. The number of aromatic nitrogens is 1. The van der Waals surface area contributed by atoms with Gasteiger partial charge in [-0.05, 0) is 12.1 Å². The predicted octanol–water partition coefficient (Wildman–Crippen LogP) is 5.16. The molecule has 0 saturated carbocycles. The van der Waals surface area contributed by atoms with Crippen LogP contribution in [0.25, 0.3) is 0 Å². The summed E-state index contributed by atoms with van der Waals surface area (Å²) in [6.07, 6.45) is 0. The van der Waals surface area contributed by atoms with Crippen LogP contribution in [0.15, 0.2) is 35.2 Å². The van der Waals surface area contributed by atoms with Gasteiger partial charge in [0.15, 0.2) is 0 Å². The van der Waals surface area contributed by atoms with Gasteiger partial charge in [0.25, 0.3) is 0 Å². The van der Waals surface area contributed by atoms with E-state index in [9.17, 15) is 0 Å². The van der Waals surface area contributed by atoms with Crippen LogP contribution in [-0.4, -0.2) is 4.98 Å². The molecule has 0 unspecified atom stereocenters. The minimum atomic E-state index is 0.101. The standard InChI is InChI=1S/C15H19NS3/c1-15(2,3)14-12(9-17)19-13(16-14)10-18-11-7-5-4-6-8-11/h4-8,17H,9-10H2,1-3H3. The molecule has 4 heteroatoms. The lowest BCUT2D eigenvalue weighted by Gasteiger charge is -2.16. The highest BCUT2D eigenvalue weighted by Crippen LogP contribution is 2.33. The molecule has 2 aromatic rings. The Morgan fingerprint density at radius 2 is 1.89 bits per heavy atom. The van der Waals surface area contributed by atoms with Crippen LogP contribution in [-0.2, 0) is 16.9 Å². The summed E-state index contributed by atoms with van der Waals surface area (Å²) in [4.78, 5) is 7.42. The maximum atomic E-state index is 4.82. The van der Waals surface area contributed by atoms with Crippen LogP contribution in [0.1, 0.15) is 36.3 Å². The molecular formula is C15H19NS3. The van der Waals surface area contributed by atoms with Crippen molar-refractivity contribution in [2.24, 2.45) is 0 Å². The van der Waals surface area contributed by atoms with Gasteiger partial charge in [-0.25, -0.2) is 4.98 Å². The minimum absolute atomic E-state index is 0.101. The van der Waals surface area contributed by atoms with Crippen molar-refractivity contribution in [1.29, 1.82) is 0 Å². The Morgan fingerprint density at radius 3 is 2.42 bits per heavy atom. The summed E-state index contributed by atoms with van der Waals surface area (Å²) < 4.78 is 0. The zero-order chi connectivity index (χ0) is 13.9. The Bertz CT molecular complexity index is 526. The van der Waals surface area contributed by atoms with Crippen molar-refractivity contribution in [3.05, 3.63) is 45.9 Å². The van der Waals surface area contributed by atoms with Crippen molar-refractivity contribution in [2.45, 2.75) is 42.6 Å². The van der Waals surface area contributed by atoms with Crippen LogP contribution >= 0.6 is 35.7 Å². The number of rotatable bonds is 4. The zero-order valence-electron chi connectivity index (χ0n) is 11.5. The van der Waals surface area contributed by atoms with Gasteiger partial charge in [-0.1, -0.05) is 39.0 Å². The first kappa shape index (κ1) is 14.9. The maximum absolute atomic E-state index is 4.82. The molecule has 0 N–H and O–H groups in total. The summed E-state index contributed by atoms with van der Waals surface area (Å²) in [5, 5.41) is 1.20. The molecule has 19 heavy (non-hydrogen) atoms. The van der Waals surface area contributed by atoms with Gasteiger partial charge < -0.3 is 0 Å². The van der Waals surface area contributed by atoms with Gasteiger partial charge in [0.1, 0.15) is 5.01 Å². The second kappa shape index (κ2) is 6.33. The molecule has 0 fully saturated rings. The predicted molar refractivity (Wildman–Crippen MR) is 89.5 cm³/mol. The largest absolute Gasteiger partial charge is 0.244 e. The Balaban J connectivity index is 2.12. The van der Waals surface area contributed by atoms with E-state index in [0.29, 0.717) is 0 Å². The summed E-state index contributed by atoms with van der Waals surface area (Å²) in [5.41, 5.74) is 1.31. The summed E-state index contributed by atoms with van der Waals surface area (Å²) in [5.74, 6) is 1.71. The molecule has 1 nitrogen and oxygen atoms in total. The molecule has 1 heterocycles. The average molecular weight is 310 g/mol. The van der Waals surface area contributed by atoms with E-state index in [2.05, 4.69) is 57.7 Å². The molecule has 1 aromatic heterocycles. The Kier molecular flexibility index (Phi) is 4.98. The van der Waals surface area contributed by atoms with Crippen molar-refractivity contribution in [3.8, 4) is 0 Å². The Morgan fingerprint density at radius 1 is 1.21 bits per heavy atom. The molecule has 0 atom stereocenters. The molecule has 0 spiro atoms. The maximum Gasteiger partial charge on any atom is 0.103 e. The van der Waals surface area contributed by atoms with Gasteiger partial charge in [-0.3, -0.25) is 0 Å². The first-order valence-corrected chi connectivity index (χ1v) is 8.72. The zero-order valence-corrected chi connectivity index (χ0v) is 14.0. The van der Waals surface area contributed by atoms with E-state index < -0.39 is 0 Å². The van der Waals surface area contributed by atoms with E-state index in [1.54, 1.807) is 11.3 Å². The number of nitrogens with zero attached hydrogens (tertiary/aromatic N) is 1. The summed E-state index contributed by atoms with van der Waals surface area (Å²) in [7, 11) is 0. The smallest absolute Gasteiger partial charge is 0.103 e. The third-order valence-corrected chi connectivity index (χ3v) is 5.49. The van der Waals surface area contributed by atoms with Crippen LogP contribution in [0.3, 0.4) is 0 Å². The van der Waals surface area contributed by atoms with Crippen LogP contribution in [0, 0.1) is 0 Å². The average Bonchev–Trinajstić information content (AvgIpc) is 2.81. The SMILES string of the molecule is CC(C)(C)c1nc(CSc2ccccc2)sc1CS. The Labute approximate surface area is 129 Å². The molecule has 0 aliphatic heterocycles. The van der Waals surface area contributed by atoms with Gasteiger partial charge in [0.2, 0.25) is 0 Å². The number of hydrogen-bond acceptors (Lipinski definition) is 4. The molecular weight excluding hydrogens is 290 g/mol. The fourth-order valence-electron chi connectivity index (χ4n) is 1.82. The van der Waals surface area contributed by atoms with Crippen LogP contribution < -0.4 is 0 Å². The number of thiol groups is 1. The molecule has 0 aliphatic rings. The van der Waals surface area contributed by atoms with E-state index in [4.69, 9.17) is 4.98 Å². The lowest BCUT2D eigenvalue weighted by atomic mass is 9.91. The quantitative estimate of drug-likeness (QED) is 0.618. The number of thiazole rings is 1. The first-order chi connectivity index (χ1) is 9.00. The third-order valence-electron chi connectivity index (χ3n) is 2.70. The topological polar surface area (TPSA) is 12.9 Å². The highest BCUT2D eigenvalue weighted by atomic mass is 32.2. The second-order valence-electron chi connectivity index (χ2n) is 5.39. The van der Waals surface area contributed by atoms with E-state index in [1.165, 1.54) is 20.5 Å². The minimum Gasteiger partial charge on any atom is -0.244 e. The molecule has 0 saturated heterocycles. The number of hydrogen-bond donors (Lipinski definition) is 1. The van der Waals surface area contributed by atoms with E-state index in [-0.39, 0.29) is 5.41 Å². The van der Waals surface area contributed by atoms with Crippen LogP contribution in [0.2, 0.25) is 0 Å². The van der Waals surface area contributed by atoms with Gasteiger partial charge in [-0.2, -0.15) is 12.6 Å². The normalized spacial score (nSPS) is 11.8. The van der Waals surface area contributed by atoms with Crippen molar-refractivity contribution in [1.82, 2.24) is 4.98 Å². The van der Waals surface area contributed by atoms with Gasteiger partial charge in [0.05, 0.1) is 11.4 Å². The van der Waals surface area contributed by atoms with E-state index in [1.807, 2.05) is 17.8 Å². The number of thioether (sulfide) groups is 1. The van der Waals surface area contributed by atoms with Crippen molar-refractivity contribution in [3.63, 3.8) is 0 Å². The molecule has 0 bridgehead atoms. The van der Waals surface area contributed by atoms with Crippen molar-refractivity contribution < 1.29 is 0 Å². The lowest BCUT2D eigenvalue weighted by molar-refractivity contribution is 0.567. The summed E-state index contributed by atoms with van der Waals surface area (Å²) in [6.45, 7) is 6.63. The molecule has 1 aromatic carbocycles. The second-order valence-corrected chi connectivity index (χ2v) is 7.92. The van der Waals surface area contributed by atoms with Gasteiger partial charge in [0, 0.05) is 20.9 Å². The molecule has 0 aliphatic carbocycles. The summed E-state index contributed by atoms with van der Waals surface area (Å²) in [6, 6.07) is 10.5. The first-order valence-electron chi connectivity index (χ1n) is 6.28. The van der Waals surface area contributed by atoms with E-state index >= 15 is 0 Å². The van der Waals surface area contributed by atoms with Crippen LogP contribution in [0.5, 0.6) is 0 Å². The third kappa shape index (κ3) is 4.01. The Hall–Kier alpha value is -0.450. The van der Waals surface area contributed by atoms with Crippen molar-refractivity contribution >= 4 is 35.7 Å². The molecule has 0 amide bonds. The van der Waals surface area contributed by atoms with E-state index in [0.717, 1.165) is 11.5 Å². The fourth-order valence-corrected chi connectivity index (χ4v) is 4.21. The summed E-state index contributed by atoms with van der Waals surface area (Å²) >= 11 is 8.06. The van der Waals surface area contributed by atoms with Gasteiger partial charge in [-0.15, -0.1) is 23.1 Å².